The average Bonchev–Trinajstić information content (AvgIpc) is 3.25. The summed E-state index contributed by atoms with van der Waals surface area (Å²) in [5.41, 5.74) is 2.15. The molecule has 7 heteroatoms. The third kappa shape index (κ3) is 3.35. The molecule has 6 nitrogen and oxygen atoms in total. The summed E-state index contributed by atoms with van der Waals surface area (Å²) in [6.07, 6.45) is 3.62. The minimum atomic E-state index is -3.25. The molecule has 0 unspecified atom stereocenters. The average molecular weight is 323 g/mol. The van der Waals surface area contributed by atoms with Crippen LogP contribution in [0.15, 0.2) is 18.2 Å². The number of amides is 2. The molecule has 0 spiro atoms. The van der Waals surface area contributed by atoms with Crippen LogP contribution in [0.1, 0.15) is 31.2 Å². The number of aryl methyl sites for hydroxylation is 1. The summed E-state index contributed by atoms with van der Waals surface area (Å²) in [6.45, 7) is 2.38. The van der Waals surface area contributed by atoms with Crippen LogP contribution in [0.25, 0.3) is 0 Å². The third-order valence-electron chi connectivity index (χ3n) is 4.00. The summed E-state index contributed by atoms with van der Waals surface area (Å²) in [4.78, 5) is 11.8. The van der Waals surface area contributed by atoms with E-state index in [4.69, 9.17) is 0 Å². The topological polar surface area (TPSA) is 78.5 Å². The van der Waals surface area contributed by atoms with Crippen molar-refractivity contribution in [2.45, 2.75) is 38.6 Å². The summed E-state index contributed by atoms with van der Waals surface area (Å²) in [6, 6.07) is 5.42. The first-order valence-corrected chi connectivity index (χ1v) is 9.25. The van der Waals surface area contributed by atoms with Crippen molar-refractivity contribution in [1.82, 2.24) is 5.32 Å². The Morgan fingerprint density at radius 2 is 2.05 bits per heavy atom. The smallest absolute Gasteiger partial charge is 0.319 e. The Hall–Kier alpha value is -1.76. The van der Waals surface area contributed by atoms with Gasteiger partial charge < -0.3 is 10.6 Å². The Labute approximate surface area is 130 Å². The molecule has 1 saturated heterocycles. The number of anilines is 2. The fourth-order valence-corrected chi connectivity index (χ4v) is 4.29. The molecule has 1 saturated carbocycles. The molecular weight excluding hydrogens is 302 g/mol. The minimum absolute atomic E-state index is 0.187. The van der Waals surface area contributed by atoms with Crippen LogP contribution in [-0.4, -0.2) is 32.8 Å². The highest BCUT2D eigenvalue weighted by atomic mass is 32.2. The number of carbonyl (C=O) groups excluding carboxylic acids is 1. The lowest BCUT2D eigenvalue weighted by molar-refractivity contribution is 0.251. The molecule has 1 aromatic carbocycles. The lowest BCUT2D eigenvalue weighted by Crippen LogP contribution is -2.38. The molecule has 0 aromatic heterocycles. The van der Waals surface area contributed by atoms with Gasteiger partial charge in [0, 0.05) is 18.3 Å². The van der Waals surface area contributed by atoms with Crippen molar-refractivity contribution in [3.8, 4) is 0 Å². The van der Waals surface area contributed by atoms with Crippen LogP contribution < -0.4 is 14.9 Å². The lowest BCUT2D eigenvalue weighted by atomic mass is 10.1. The summed E-state index contributed by atoms with van der Waals surface area (Å²) >= 11 is 0. The van der Waals surface area contributed by atoms with E-state index >= 15 is 0 Å². The van der Waals surface area contributed by atoms with Crippen LogP contribution in [0.3, 0.4) is 0 Å². The molecule has 120 valence electrons. The molecular formula is C15H21N3O3S. The predicted molar refractivity (Wildman–Crippen MR) is 86.7 cm³/mol. The molecule has 22 heavy (non-hydrogen) atoms. The molecule has 2 N–H and O–H groups in total. The van der Waals surface area contributed by atoms with Gasteiger partial charge in [0.15, 0.2) is 0 Å². The van der Waals surface area contributed by atoms with Gasteiger partial charge in [-0.15, -0.1) is 0 Å². The van der Waals surface area contributed by atoms with E-state index in [0.717, 1.165) is 24.8 Å². The highest BCUT2D eigenvalue weighted by molar-refractivity contribution is 7.92. The Morgan fingerprint density at radius 3 is 2.73 bits per heavy atom. The standard InChI is InChI=1S/C15H21N3O3S/c1-11-4-5-13(17-15(19)16-12-6-7-12)10-14(11)18-8-2-3-9-22(18,20)21/h4-5,10,12H,2-3,6-9H2,1H3,(H2,16,17,19). The van der Waals surface area contributed by atoms with Crippen LogP contribution >= 0.6 is 0 Å². The van der Waals surface area contributed by atoms with Crippen molar-refractivity contribution in [3.63, 3.8) is 0 Å². The second-order valence-electron chi connectivity index (χ2n) is 5.97. The van der Waals surface area contributed by atoms with E-state index in [0.29, 0.717) is 24.3 Å². The maximum atomic E-state index is 12.2. The predicted octanol–water partition coefficient (Wildman–Crippen LogP) is 2.21. The Balaban J connectivity index is 1.81. The van der Waals surface area contributed by atoms with Crippen molar-refractivity contribution >= 4 is 27.4 Å². The van der Waals surface area contributed by atoms with Crippen LogP contribution in [-0.2, 0) is 10.0 Å². The summed E-state index contributed by atoms with van der Waals surface area (Å²) in [5, 5.41) is 5.63. The van der Waals surface area contributed by atoms with Gasteiger partial charge in [0.05, 0.1) is 11.4 Å². The quantitative estimate of drug-likeness (QED) is 0.895. The number of nitrogens with one attached hydrogen (secondary N) is 2. The first-order chi connectivity index (χ1) is 10.5. The fourth-order valence-electron chi connectivity index (χ4n) is 2.60. The maximum Gasteiger partial charge on any atom is 0.319 e. The number of rotatable bonds is 3. The second-order valence-corrected chi connectivity index (χ2v) is 7.98. The third-order valence-corrected chi connectivity index (χ3v) is 5.85. The molecule has 2 aliphatic rings. The van der Waals surface area contributed by atoms with Crippen molar-refractivity contribution in [1.29, 1.82) is 0 Å². The van der Waals surface area contributed by atoms with Gasteiger partial charge in [0.2, 0.25) is 10.0 Å². The maximum absolute atomic E-state index is 12.2. The molecule has 2 fully saturated rings. The molecule has 1 aliphatic carbocycles. The fraction of sp³-hybridized carbons (Fsp3) is 0.533. The normalized spacial score (nSPS) is 20.5. The number of urea groups is 1. The molecule has 3 rings (SSSR count). The van der Waals surface area contributed by atoms with E-state index < -0.39 is 10.0 Å². The highest BCUT2D eigenvalue weighted by Crippen LogP contribution is 2.29. The molecule has 1 aliphatic heterocycles. The van der Waals surface area contributed by atoms with Gasteiger partial charge in [-0.3, -0.25) is 4.31 Å². The number of carbonyl (C=O) groups is 1. The largest absolute Gasteiger partial charge is 0.335 e. The van der Waals surface area contributed by atoms with Crippen LogP contribution in [0.4, 0.5) is 16.2 Å². The zero-order valence-electron chi connectivity index (χ0n) is 12.6. The van der Waals surface area contributed by atoms with E-state index in [1.54, 1.807) is 12.1 Å². The number of hydrogen-bond donors (Lipinski definition) is 2. The molecule has 0 bridgehead atoms. The zero-order chi connectivity index (χ0) is 15.7. The van der Waals surface area contributed by atoms with Gasteiger partial charge in [-0.05, 0) is 50.3 Å². The monoisotopic (exact) mass is 323 g/mol. The number of hydrogen-bond acceptors (Lipinski definition) is 3. The second kappa shape index (κ2) is 5.79. The summed E-state index contributed by atoms with van der Waals surface area (Å²) < 4.78 is 26.0. The van der Waals surface area contributed by atoms with Crippen LogP contribution in [0.5, 0.6) is 0 Å². The van der Waals surface area contributed by atoms with Gasteiger partial charge in [-0.1, -0.05) is 6.07 Å². The van der Waals surface area contributed by atoms with Crippen molar-refractivity contribution < 1.29 is 13.2 Å². The van der Waals surface area contributed by atoms with Gasteiger partial charge >= 0.3 is 6.03 Å². The van der Waals surface area contributed by atoms with E-state index in [1.807, 2.05) is 13.0 Å². The molecule has 1 heterocycles. The Morgan fingerprint density at radius 1 is 1.27 bits per heavy atom. The lowest BCUT2D eigenvalue weighted by Gasteiger charge is -2.29. The van der Waals surface area contributed by atoms with Crippen LogP contribution in [0, 0.1) is 6.92 Å². The van der Waals surface area contributed by atoms with E-state index in [-0.39, 0.29) is 17.8 Å². The number of sulfonamides is 1. The summed E-state index contributed by atoms with van der Waals surface area (Å²) in [7, 11) is -3.25. The first kappa shape index (κ1) is 15.1. The minimum Gasteiger partial charge on any atom is -0.335 e. The zero-order valence-corrected chi connectivity index (χ0v) is 13.4. The van der Waals surface area contributed by atoms with Gasteiger partial charge in [0.1, 0.15) is 0 Å². The van der Waals surface area contributed by atoms with Crippen molar-refractivity contribution in [2.75, 3.05) is 21.9 Å². The molecule has 1 aromatic rings. The Kier molecular flexibility index (Phi) is 3.99. The van der Waals surface area contributed by atoms with Crippen molar-refractivity contribution in [3.05, 3.63) is 23.8 Å². The highest BCUT2D eigenvalue weighted by Gasteiger charge is 2.27. The first-order valence-electron chi connectivity index (χ1n) is 7.64. The molecule has 0 radical (unpaired) electrons. The van der Waals surface area contributed by atoms with Gasteiger partial charge in [-0.2, -0.15) is 0 Å². The van der Waals surface area contributed by atoms with Crippen molar-refractivity contribution in [2.24, 2.45) is 0 Å². The van der Waals surface area contributed by atoms with E-state index in [2.05, 4.69) is 10.6 Å². The molecule has 2 amide bonds. The van der Waals surface area contributed by atoms with Crippen LogP contribution in [0.2, 0.25) is 0 Å². The van der Waals surface area contributed by atoms with Gasteiger partial charge in [-0.25, -0.2) is 13.2 Å². The molecule has 0 atom stereocenters. The van der Waals surface area contributed by atoms with Gasteiger partial charge in [0.25, 0.3) is 0 Å². The van der Waals surface area contributed by atoms with E-state index in [1.165, 1.54) is 4.31 Å². The van der Waals surface area contributed by atoms with E-state index in [9.17, 15) is 13.2 Å². The number of benzene rings is 1. The Bertz CT molecular complexity index is 683. The SMILES string of the molecule is Cc1ccc(NC(=O)NC2CC2)cc1N1CCCCS1(=O)=O. The summed E-state index contributed by atoms with van der Waals surface area (Å²) in [5.74, 6) is 0.187. The number of nitrogens with zero attached hydrogens (tertiary/aromatic N) is 1.